The number of carbonyl (C=O) groups is 3. The Labute approximate surface area is 236 Å². The molecule has 0 radical (unpaired) electrons. The summed E-state index contributed by atoms with van der Waals surface area (Å²) >= 11 is 1.33. The van der Waals surface area contributed by atoms with Crippen LogP contribution in [0.25, 0.3) is 22.4 Å². The zero-order valence-corrected chi connectivity index (χ0v) is 23.0. The minimum Gasteiger partial charge on any atom is -0.481 e. The quantitative estimate of drug-likeness (QED) is 0.310. The molecule has 0 spiro atoms. The maximum Gasteiger partial charge on any atom is 0.325 e. The molecule has 1 N–H and O–H groups in total. The molecule has 1 aliphatic heterocycles. The van der Waals surface area contributed by atoms with Crippen LogP contribution >= 0.6 is 11.3 Å². The molecule has 9 nitrogen and oxygen atoms in total. The first kappa shape index (κ1) is 27.0. The van der Waals surface area contributed by atoms with Gasteiger partial charge in [0.2, 0.25) is 5.91 Å². The molecule has 1 saturated heterocycles. The van der Waals surface area contributed by atoms with Gasteiger partial charge in [-0.15, -0.1) is 11.3 Å². The molecule has 40 heavy (non-hydrogen) atoms. The van der Waals surface area contributed by atoms with E-state index in [0.29, 0.717) is 36.2 Å². The number of anilines is 2. The van der Waals surface area contributed by atoms with Crippen molar-refractivity contribution in [3.8, 4) is 22.4 Å². The molecule has 0 aliphatic carbocycles. The van der Waals surface area contributed by atoms with Gasteiger partial charge in [-0.1, -0.05) is 54.6 Å². The van der Waals surface area contributed by atoms with Crippen molar-refractivity contribution in [2.24, 2.45) is 5.92 Å². The molecule has 4 aromatic rings. The number of nitrogens with zero attached hydrogens (tertiary/aromatic N) is 5. The summed E-state index contributed by atoms with van der Waals surface area (Å²) < 4.78 is 0. The zero-order chi connectivity index (χ0) is 28.2. The van der Waals surface area contributed by atoms with E-state index in [1.165, 1.54) is 16.2 Å². The molecule has 1 aliphatic rings. The van der Waals surface area contributed by atoms with Crippen LogP contribution < -0.4 is 9.80 Å². The van der Waals surface area contributed by atoms with Crippen LogP contribution in [0.4, 0.5) is 15.7 Å². The SMILES string of the molecule is CN1CCN(c2ccc(-c3ccccc3-c3csc(N(C)C(=O)C(CC(=O)O)Cc4ccccc4)n3)cn2)C1=O. The number of hydrogen-bond donors (Lipinski definition) is 1. The largest absolute Gasteiger partial charge is 0.481 e. The van der Waals surface area contributed by atoms with Crippen molar-refractivity contribution in [1.82, 2.24) is 14.9 Å². The second-order valence-electron chi connectivity index (χ2n) is 9.70. The lowest BCUT2D eigenvalue weighted by atomic mass is 9.95. The van der Waals surface area contributed by atoms with Gasteiger partial charge < -0.3 is 10.0 Å². The first-order chi connectivity index (χ1) is 19.3. The van der Waals surface area contributed by atoms with Gasteiger partial charge in [-0.05, 0) is 29.7 Å². The van der Waals surface area contributed by atoms with E-state index < -0.39 is 11.9 Å². The van der Waals surface area contributed by atoms with Crippen molar-refractivity contribution in [3.63, 3.8) is 0 Å². The Hall–Kier alpha value is -4.57. The van der Waals surface area contributed by atoms with Crippen molar-refractivity contribution in [1.29, 1.82) is 0 Å². The minimum atomic E-state index is -1.02. The molecular formula is C30H29N5O4S. The van der Waals surface area contributed by atoms with Crippen LogP contribution in [0.3, 0.4) is 0 Å². The fraction of sp³-hybridized carbons (Fsp3) is 0.233. The lowest BCUT2D eigenvalue weighted by molar-refractivity contribution is -0.140. The molecule has 3 amide bonds. The van der Waals surface area contributed by atoms with E-state index in [1.807, 2.05) is 72.1 Å². The monoisotopic (exact) mass is 555 g/mol. The van der Waals surface area contributed by atoms with Gasteiger partial charge in [-0.2, -0.15) is 0 Å². The van der Waals surface area contributed by atoms with E-state index in [1.54, 1.807) is 30.1 Å². The Balaban J connectivity index is 1.37. The molecule has 0 saturated carbocycles. The van der Waals surface area contributed by atoms with Crippen LogP contribution in [-0.2, 0) is 16.0 Å². The molecule has 5 rings (SSSR count). The minimum absolute atomic E-state index is 0.0660. The number of amides is 3. The van der Waals surface area contributed by atoms with Gasteiger partial charge in [0.05, 0.1) is 18.0 Å². The highest BCUT2D eigenvalue weighted by molar-refractivity contribution is 7.14. The van der Waals surface area contributed by atoms with E-state index in [9.17, 15) is 19.5 Å². The van der Waals surface area contributed by atoms with Crippen LogP contribution in [0, 0.1) is 5.92 Å². The highest BCUT2D eigenvalue weighted by atomic mass is 32.1. The van der Waals surface area contributed by atoms with Gasteiger partial charge in [-0.3, -0.25) is 19.4 Å². The Morgan fingerprint density at radius 2 is 1.75 bits per heavy atom. The van der Waals surface area contributed by atoms with E-state index >= 15 is 0 Å². The highest BCUT2D eigenvalue weighted by Gasteiger charge is 2.29. The molecule has 1 atom stereocenters. The smallest absolute Gasteiger partial charge is 0.325 e. The summed E-state index contributed by atoms with van der Waals surface area (Å²) in [5.41, 5.74) is 4.29. The highest BCUT2D eigenvalue weighted by Crippen LogP contribution is 2.35. The fourth-order valence-electron chi connectivity index (χ4n) is 4.79. The number of benzene rings is 2. The number of carboxylic acid groups (broad SMARTS) is 1. The van der Waals surface area contributed by atoms with Gasteiger partial charge >= 0.3 is 12.0 Å². The number of carbonyl (C=O) groups excluding carboxylic acids is 2. The maximum atomic E-state index is 13.4. The van der Waals surface area contributed by atoms with Crippen LogP contribution in [0.1, 0.15) is 12.0 Å². The van der Waals surface area contributed by atoms with E-state index in [0.717, 1.165) is 22.3 Å². The summed E-state index contributed by atoms with van der Waals surface area (Å²) in [4.78, 5) is 51.3. The van der Waals surface area contributed by atoms with Crippen molar-refractivity contribution in [3.05, 3.63) is 83.9 Å². The first-order valence-electron chi connectivity index (χ1n) is 12.9. The summed E-state index contributed by atoms with van der Waals surface area (Å²) in [5.74, 6) is -1.41. The van der Waals surface area contributed by atoms with Gasteiger partial charge in [0.15, 0.2) is 5.13 Å². The van der Waals surface area contributed by atoms with Crippen molar-refractivity contribution in [2.45, 2.75) is 12.8 Å². The number of aromatic nitrogens is 2. The van der Waals surface area contributed by atoms with E-state index in [-0.39, 0.29) is 18.4 Å². The topological polar surface area (TPSA) is 107 Å². The van der Waals surface area contributed by atoms with Crippen molar-refractivity contribution < 1.29 is 19.5 Å². The second kappa shape index (κ2) is 11.7. The molecule has 0 bridgehead atoms. The third kappa shape index (κ3) is 5.72. The number of hydrogen-bond acceptors (Lipinski definition) is 6. The normalized spacial score (nSPS) is 13.9. The fourth-order valence-corrected chi connectivity index (χ4v) is 5.59. The lowest BCUT2D eigenvalue weighted by Gasteiger charge is -2.21. The predicted octanol–water partition coefficient (Wildman–Crippen LogP) is 5.04. The molecular weight excluding hydrogens is 526 g/mol. The summed E-state index contributed by atoms with van der Waals surface area (Å²) in [6, 6.07) is 21.0. The Bertz CT molecular complexity index is 1520. The molecule has 2 aromatic carbocycles. The molecule has 204 valence electrons. The lowest BCUT2D eigenvalue weighted by Crippen LogP contribution is -2.35. The number of thiazole rings is 1. The molecule has 10 heteroatoms. The van der Waals surface area contributed by atoms with Crippen LogP contribution in [0.2, 0.25) is 0 Å². The first-order valence-corrected chi connectivity index (χ1v) is 13.8. The van der Waals surface area contributed by atoms with Crippen LogP contribution in [0.5, 0.6) is 0 Å². The summed E-state index contributed by atoms with van der Waals surface area (Å²) in [6.45, 7) is 1.27. The zero-order valence-electron chi connectivity index (χ0n) is 22.2. The molecule has 1 fully saturated rings. The standard InChI is InChI=1S/C30H29N5O4S/c1-33-14-15-35(30(33)39)26-13-12-21(18-31-26)23-10-6-7-11-24(23)25-19-40-29(32-25)34(2)28(38)22(17-27(36)37)16-20-8-4-3-5-9-20/h3-13,18-19,22H,14-17H2,1-2H3,(H,36,37). The second-order valence-corrected chi connectivity index (χ2v) is 10.5. The Morgan fingerprint density at radius 3 is 2.40 bits per heavy atom. The van der Waals surface area contributed by atoms with E-state index in [4.69, 9.17) is 4.98 Å². The number of carboxylic acids is 1. The number of likely N-dealkylation sites (N-methyl/N-ethyl adjacent to an activating group) is 1. The van der Waals surface area contributed by atoms with Crippen molar-refractivity contribution >= 4 is 40.2 Å². The van der Waals surface area contributed by atoms with E-state index in [2.05, 4.69) is 4.98 Å². The third-order valence-electron chi connectivity index (χ3n) is 6.96. The van der Waals surface area contributed by atoms with Crippen LogP contribution in [0.15, 0.2) is 78.3 Å². The molecule has 2 aromatic heterocycles. The molecule has 1 unspecified atom stereocenters. The van der Waals surface area contributed by atoms with Gasteiger partial charge in [0, 0.05) is 49.9 Å². The van der Waals surface area contributed by atoms with Crippen molar-refractivity contribution in [2.75, 3.05) is 37.0 Å². The average molecular weight is 556 g/mol. The number of pyridine rings is 1. The van der Waals surface area contributed by atoms with Gasteiger partial charge in [0.25, 0.3) is 0 Å². The third-order valence-corrected chi connectivity index (χ3v) is 7.88. The summed E-state index contributed by atoms with van der Waals surface area (Å²) in [7, 11) is 3.41. The summed E-state index contributed by atoms with van der Waals surface area (Å²) in [6.07, 6.45) is 1.82. The number of aliphatic carboxylic acids is 1. The van der Waals surface area contributed by atoms with Gasteiger partial charge in [-0.25, -0.2) is 14.8 Å². The maximum absolute atomic E-state index is 13.4. The number of rotatable bonds is 9. The van der Waals surface area contributed by atoms with Gasteiger partial charge in [0.1, 0.15) is 5.82 Å². The Kier molecular flexibility index (Phi) is 7.88. The summed E-state index contributed by atoms with van der Waals surface area (Å²) in [5, 5.41) is 11.8. The predicted molar refractivity (Wildman–Crippen MR) is 155 cm³/mol. The number of urea groups is 1. The average Bonchev–Trinajstić information content (AvgIpc) is 3.59. The Morgan fingerprint density at radius 1 is 1.02 bits per heavy atom. The van der Waals surface area contributed by atoms with Crippen LogP contribution in [-0.4, -0.2) is 65.1 Å². The molecule has 3 heterocycles.